The molecule has 9 nitrogen and oxygen atoms in total. The summed E-state index contributed by atoms with van der Waals surface area (Å²) in [6.07, 6.45) is -0.0634. The normalized spacial score (nSPS) is 22.9. The number of hydrogen-bond donors (Lipinski definition) is 1. The molecule has 1 aliphatic heterocycles. The van der Waals surface area contributed by atoms with Gasteiger partial charge in [-0.15, -0.1) is 0 Å². The third-order valence-electron chi connectivity index (χ3n) is 6.60. The Balaban J connectivity index is 1.96. The van der Waals surface area contributed by atoms with Crippen molar-refractivity contribution in [3.63, 3.8) is 0 Å². The zero-order valence-corrected chi connectivity index (χ0v) is 21.4. The van der Waals surface area contributed by atoms with Crippen LogP contribution in [-0.2, 0) is 13.9 Å². The van der Waals surface area contributed by atoms with Crippen LogP contribution in [0, 0.1) is 18.3 Å². The first kappa shape index (κ1) is 25.6. The molecular formula is C24H31N3O6Si. The van der Waals surface area contributed by atoms with Crippen LogP contribution in [-0.4, -0.2) is 42.1 Å². The molecule has 1 aromatic carbocycles. The van der Waals surface area contributed by atoms with Crippen LogP contribution in [0.5, 0.6) is 0 Å². The van der Waals surface area contributed by atoms with E-state index in [4.69, 9.17) is 13.9 Å². The van der Waals surface area contributed by atoms with Crippen LogP contribution in [0.25, 0.3) is 0 Å². The Morgan fingerprint density at radius 1 is 1.29 bits per heavy atom. The maximum absolute atomic E-state index is 12.6. The van der Waals surface area contributed by atoms with Crippen LogP contribution < -0.4 is 11.2 Å². The van der Waals surface area contributed by atoms with Gasteiger partial charge in [0, 0.05) is 18.2 Å². The van der Waals surface area contributed by atoms with Gasteiger partial charge in [-0.3, -0.25) is 14.3 Å². The SMILES string of the molecule is Cc1cn([C@H]2C[C@H](O[Si](C)(C)C(C)(C)C)[C@](C#N)(COC(=O)c3ccccc3)O2)c(=O)[nH]c1=O. The fraction of sp³-hybridized carbons (Fsp3) is 0.500. The molecule has 0 bridgehead atoms. The van der Waals surface area contributed by atoms with Crippen molar-refractivity contribution < 1.29 is 18.7 Å². The highest BCUT2D eigenvalue weighted by molar-refractivity contribution is 6.74. The number of nitriles is 1. The lowest BCUT2D eigenvalue weighted by Crippen LogP contribution is -2.52. The van der Waals surface area contributed by atoms with Gasteiger partial charge in [-0.2, -0.15) is 5.26 Å². The monoisotopic (exact) mass is 485 g/mol. The molecule has 182 valence electrons. The number of H-pyrrole nitrogens is 1. The molecule has 0 saturated carbocycles. The first-order valence-corrected chi connectivity index (χ1v) is 14.0. The van der Waals surface area contributed by atoms with Crippen molar-refractivity contribution in [2.45, 2.75) is 70.2 Å². The number of nitrogens with one attached hydrogen (secondary N) is 1. The molecule has 1 aliphatic rings. The Kier molecular flexibility index (Phi) is 7.03. The fourth-order valence-corrected chi connectivity index (χ4v) is 4.83. The highest BCUT2D eigenvalue weighted by Gasteiger charge is 2.55. The molecule has 1 fully saturated rings. The van der Waals surface area contributed by atoms with Crippen molar-refractivity contribution in [1.29, 1.82) is 5.26 Å². The third kappa shape index (κ3) is 5.06. The molecule has 3 atom stereocenters. The Bertz CT molecular complexity index is 1210. The molecule has 1 N–H and O–H groups in total. The number of rotatable bonds is 6. The lowest BCUT2D eigenvalue weighted by Gasteiger charge is -2.40. The Labute approximate surface area is 199 Å². The van der Waals surface area contributed by atoms with Crippen molar-refractivity contribution in [1.82, 2.24) is 9.55 Å². The summed E-state index contributed by atoms with van der Waals surface area (Å²) in [6.45, 7) is 11.5. The largest absolute Gasteiger partial charge is 0.458 e. The second-order valence-electron chi connectivity index (χ2n) is 10.1. The van der Waals surface area contributed by atoms with Crippen molar-refractivity contribution in [3.05, 3.63) is 68.5 Å². The number of nitrogens with zero attached hydrogens (tertiary/aromatic N) is 2. The van der Waals surface area contributed by atoms with E-state index < -0.39 is 43.5 Å². The number of carbonyl (C=O) groups is 1. The summed E-state index contributed by atoms with van der Waals surface area (Å²) in [6, 6.07) is 10.6. The van der Waals surface area contributed by atoms with Gasteiger partial charge < -0.3 is 13.9 Å². The lowest BCUT2D eigenvalue weighted by atomic mass is 9.99. The Morgan fingerprint density at radius 3 is 2.53 bits per heavy atom. The molecule has 0 aliphatic carbocycles. The number of carbonyl (C=O) groups excluding carboxylic acids is 1. The van der Waals surface area contributed by atoms with Crippen LogP contribution in [0.2, 0.25) is 18.1 Å². The standard InChI is InChI=1S/C24H31N3O6Si/c1-16-13-27(22(30)26-20(16)28)19-12-18(33-34(5,6)23(2,3)4)24(14-25,32-19)15-31-21(29)17-10-8-7-9-11-17/h7-11,13,18-19H,12,15H2,1-6H3,(H,26,28,30)/t18-,19+,24-/m0/s1. The smallest absolute Gasteiger partial charge is 0.338 e. The molecule has 34 heavy (non-hydrogen) atoms. The minimum atomic E-state index is -2.38. The summed E-state index contributed by atoms with van der Waals surface area (Å²) < 4.78 is 19.4. The first-order chi connectivity index (χ1) is 15.8. The molecule has 0 amide bonds. The summed E-state index contributed by atoms with van der Waals surface area (Å²) in [5, 5.41) is 10.1. The molecule has 2 aromatic rings. The van der Waals surface area contributed by atoms with Crippen LogP contribution in [0.3, 0.4) is 0 Å². The maximum atomic E-state index is 12.6. The van der Waals surface area contributed by atoms with Gasteiger partial charge in [-0.1, -0.05) is 39.0 Å². The topological polar surface area (TPSA) is 123 Å². The summed E-state index contributed by atoms with van der Waals surface area (Å²) in [5.74, 6) is -0.592. The average Bonchev–Trinajstić information content (AvgIpc) is 3.12. The number of hydrogen-bond acceptors (Lipinski definition) is 7. The van der Waals surface area contributed by atoms with Crippen LogP contribution in [0.1, 0.15) is 49.3 Å². The summed E-state index contributed by atoms with van der Waals surface area (Å²) in [4.78, 5) is 39.2. The lowest BCUT2D eigenvalue weighted by molar-refractivity contribution is -0.0942. The highest BCUT2D eigenvalue weighted by atomic mass is 28.4. The molecular weight excluding hydrogens is 454 g/mol. The van der Waals surface area contributed by atoms with E-state index in [0.717, 1.165) is 0 Å². The van der Waals surface area contributed by atoms with Gasteiger partial charge in [0.15, 0.2) is 8.32 Å². The van der Waals surface area contributed by atoms with Crippen molar-refractivity contribution in [3.8, 4) is 6.07 Å². The van der Waals surface area contributed by atoms with Gasteiger partial charge in [0.1, 0.15) is 18.9 Å². The molecule has 0 radical (unpaired) electrons. The van der Waals surface area contributed by atoms with E-state index in [1.807, 2.05) is 0 Å². The van der Waals surface area contributed by atoms with E-state index in [2.05, 4.69) is 44.9 Å². The predicted octanol–water partition coefficient (Wildman–Crippen LogP) is 3.27. The Morgan fingerprint density at radius 2 is 1.94 bits per heavy atom. The van der Waals surface area contributed by atoms with E-state index in [0.29, 0.717) is 11.1 Å². The number of benzene rings is 1. The second-order valence-corrected chi connectivity index (χ2v) is 14.9. The van der Waals surface area contributed by atoms with E-state index >= 15 is 0 Å². The molecule has 10 heteroatoms. The van der Waals surface area contributed by atoms with E-state index in [9.17, 15) is 19.6 Å². The van der Waals surface area contributed by atoms with Crippen LogP contribution in [0.15, 0.2) is 46.1 Å². The van der Waals surface area contributed by atoms with E-state index in [-0.39, 0.29) is 18.1 Å². The van der Waals surface area contributed by atoms with Gasteiger partial charge in [0.25, 0.3) is 5.56 Å². The molecule has 2 heterocycles. The molecule has 1 saturated heterocycles. The van der Waals surface area contributed by atoms with Gasteiger partial charge >= 0.3 is 11.7 Å². The van der Waals surface area contributed by atoms with Gasteiger partial charge in [0.05, 0.1) is 11.7 Å². The zero-order valence-electron chi connectivity index (χ0n) is 20.4. The van der Waals surface area contributed by atoms with Gasteiger partial charge in [0.2, 0.25) is 5.60 Å². The predicted molar refractivity (Wildman–Crippen MR) is 128 cm³/mol. The number of esters is 1. The van der Waals surface area contributed by atoms with E-state index in [1.165, 1.54) is 10.8 Å². The molecule has 1 aromatic heterocycles. The minimum absolute atomic E-state index is 0.154. The summed E-state index contributed by atoms with van der Waals surface area (Å²) >= 11 is 0. The Hall–Kier alpha value is -3.00. The van der Waals surface area contributed by atoms with Crippen molar-refractivity contribution in [2.24, 2.45) is 0 Å². The first-order valence-electron chi connectivity index (χ1n) is 11.1. The number of ether oxygens (including phenoxy) is 2. The highest BCUT2D eigenvalue weighted by Crippen LogP contribution is 2.44. The van der Waals surface area contributed by atoms with Crippen LogP contribution >= 0.6 is 0 Å². The third-order valence-corrected chi connectivity index (χ3v) is 11.1. The quantitative estimate of drug-likeness (QED) is 0.492. The summed E-state index contributed by atoms with van der Waals surface area (Å²) in [5.41, 5.74) is -2.10. The molecule has 0 unspecified atom stereocenters. The molecule has 0 spiro atoms. The zero-order chi connectivity index (χ0) is 25.3. The van der Waals surface area contributed by atoms with Crippen LogP contribution in [0.4, 0.5) is 0 Å². The maximum Gasteiger partial charge on any atom is 0.338 e. The summed E-state index contributed by atoms with van der Waals surface area (Å²) in [7, 11) is -2.38. The minimum Gasteiger partial charge on any atom is -0.458 e. The van der Waals surface area contributed by atoms with Crippen molar-refractivity contribution in [2.75, 3.05) is 6.61 Å². The van der Waals surface area contributed by atoms with Crippen molar-refractivity contribution >= 4 is 14.3 Å². The number of aromatic nitrogens is 2. The van der Waals surface area contributed by atoms with Gasteiger partial charge in [-0.25, -0.2) is 9.59 Å². The average molecular weight is 486 g/mol. The fourth-order valence-electron chi connectivity index (χ4n) is 3.47. The second kappa shape index (κ2) is 9.33. The van der Waals surface area contributed by atoms with Gasteiger partial charge in [-0.05, 0) is 37.2 Å². The van der Waals surface area contributed by atoms with E-state index in [1.54, 1.807) is 37.3 Å². The number of aryl methyl sites for hydroxylation is 1. The molecule has 3 rings (SSSR count). The number of aromatic amines is 1.